The Kier molecular flexibility index (Phi) is 7.54. The van der Waals surface area contributed by atoms with E-state index < -0.39 is 24.0 Å². The zero-order valence-electron chi connectivity index (χ0n) is 19.5. The second-order valence-corrected chi connectivity index (χ2v) is 9.34. The molecule has 1 heterocycles. The molecule has 0 aliphatic rings. The van der Waals surface area contributed by atoms with E-state index in [1.54, 1.807) is 29.1 Å². The molecule has 1 amide bonds. The Labute approximate surface area is 199 Å². The lowest BCUT2D eigenvalue weighted by Crippen LogP contribution is -2.48. The summed E-state index contributed by atoms with van der Waals surface area (Å²) in [5, 5.41) is 30.8. The zero-order valence-corrected chi connectivity index (χ0v) is 19.5. The van der Waals surface area contributed by atoms with E-state index in [0.717, 1.165) is 22.3 Å². The molecule has 3 N–H and O–H groups in total. The first-order valence-electron chi connectivity index (χ1n) is 11.0. The molecule has 0 saturated heterocycles. The number of carboxylic acids is 1. The van der Waals surface area contributed by atoms with Gasteiger partial charge in [0.05, 0.1) is 30.7 Å². The summed E-state index contributed by atoms with van der Waals surface area (Å²) < 4.78 is 1.60. The average molecular weight is 460 g/mol. The Morgan fingerprint density at radius 3 is 1.97 bits per heavy atom. The molecule has 0 spiro atoms. The standard InChI is InChI=1S/C27H29N3O4/c1-27(2,3)24(17-31)29-26(34)23(14-25(32)33)30-13-12-22(16-30)21-10-8-20(9-11-21)19-6-4-18(15-28)5-7-19/h4-13,16,23-24,31H,14,17H2,1-3H3,(H,29,34)(H,32,33). The van der Waals surface area contributed by atoms with Crippen LogP contribution >= 0.6 is 0 Å². The van der Waals surface area contributed by atoms with Gasteiger partial charge in [0.15, 0.2) is 0 Å². The Morgan fingerprint density at radius 1 is 0.971 bits per heavy atom. The minimum absolute atomic E-state index is 0.239. The van der Waals surface area contributed by atoms with Crippen molar-refractivity contribution < 1.29 is 19.8 Å². The number of nitrogens with zero attached hydrogens (tertiary/aromatic N) is 2. The highest BCUT2D eigenvalue weighted by Gasteiger charge is 2.30. The predicted molar refractivity (Wildman–Crippen MR) is 130 cm³/mol. The van der Waals surface area contributed by atoms with E-state index in [2.05, 4.69) is 11.4 Å². The van der Waals surface area contributed by atoms with Crippen LogP contribution in [0.25, 0.3) is 22.3 Å². The van der Waals surface area contributed by atoms with Gasteiger partial charge in [0.2, 0.25) is 5.91 Å². The van der Waals surface area contributed by atoms with E-state index in [1.807, 2.05) is 63.2 Å². The Morgan fingerprint density at radius 2 is 1.50 bits per heavy atom. The van der Waals surface area contributed by atoms with Crippen molar-refractivity contribution in [1.29, 1.82) is 5.26 Å². The van der Waals surface area contributed by atoms with Crippen molar-refractivity contribution in [2.75, 3.05) is 6.61 Å². The van der Waals surface area contributed by atoms with E-state index in [0.29, 0.717) is 5.56 Å². The number of amides is 1. The molecule has 0 saturated carbocycles. The molecule has 176 valence electrons. The molecule has 0 radical (unpaired) electrons. The fraction of sp³-hybridized carbons (Fsp3) is 0.296. The van der Waals surface area contributed by atoms with Gasteiger partial charge in [-0.25, -0.2) is 0 Å². The maximum Gasteiger partial charge on any atom is 0.306 e. The van der Waals surface area contributed by atoms with Crippen LogP contribution in [0.2, 0.25) is 0 Å². The average Bonchev–Trinajstić information content (AvgIpc) is 3.30. The number of aromatic nitrogens is 1. The number of hydrogen-bond donors (Lipinski definition) is 3. The third-order valence-electron chi connectivity index (χ3n) is 5.85. The highest BCUT2D eigenvalue weighted by Crippen LogP contribution is 2.27. The van der Waals surface area contributed by atoms with Gasteiger partial charge in [-0.05, 0) is 45.9 Å². The summed E-state index contributed by atoms with van der Waals surface area (Å²) in [7, 11) is 0. The molecule has 0 aliphatic heterocycles. The summed E-state index contributed by atoms with van der Waals surface area (Å²) in [5.41, 5.74) is 4.01. The third kappa shape index (κ3) is 5.91. The number of carbonyl (C=O) groups excluding carboxylic acids is 1. The number of aliphatic carboxylic acids is 1. The SMILES string of the molecule is CC(C)(C)C(CO)NC(=O)C(CC(=O)O)n1ccc(-c2ccc(-c3ccc(C#N)cc3)cc2)c1. The van der Waals surface area contributed by atoms with Gasteiger partial charge in [-0.1, -0.05) is 57.2 Å². The van der Waals surface area contributed by atoms with Crippen molar-refractivity contribution in [3.63, 3.8) is 0 Å². The zero-order chi connectivity index (χ0) is 24.9. The van der Waals surface area contributed by atoms with Gasteiger partial charge in [-0.15, -0.1) is 0 Å². The number of benzene rings is 2. The normalized spacial score (nSPS) is 13.0. The van der Waals surface area contributed by atoms with Crippen molar-refractivity contribution in [1.82, 2.24) is 9.88 Å². The van der Waals surface area contributed by atoms with E-state index in [-0.39, 0.29) is 18.4 Å². The quantitative estimate of drug-likeness (QED) is 0.466. The summed E-state index contributed by atoms with van der Waals surface area (Å²) in [4.78, 5) is 24.4. The van der Waals surface area contributed by atoms with Crippen LogP contribution in [0.4, 0.5) is 0 Å². The fourth-order valence-corrected chi connectivity index (χ4v) is 3.67. The molecular weight excluding hydrogens is 430 g/mol. The molecular formula is C27H29N3O4. The van der Waals surface area contributed by atoms with Crippen LogP contribution in [0.3, 0.4) is 0 Å². The minimum Gasteiger partial charge on any atom is -0.481 e. The van der Waals surface area contributed by atoms with Crippen molar-refractivity contribution in [2.24, 2.45) is 5.41 Å². The minimum atomic E-state index is -1.08. The number of nitriles is 1. The van der Waals surface area contributed by atoms with Crippen LogP contribution in [0, 0.1) is 16.7 Å². The van der Waals surface area contributed by atoms with Gasteiger partial charge in [-0.2, -0.15) is 5.26 Å². The van der Waals surface area contributed by atoms with Crippen LogP contribution in [0.15, 0.2) is 67.0 Å². The summed E-state index contributed by atoms with van der Waals surface area (Å²) in [6.45, 7) is 5.46. The Hall–Kier alpha value is -3.89. The first-order valence-corrected chi connectivity index (χ1v) is 11.0. The van der Waals surface area contributed by atoms with Crippen LogP contribution in [-0.4, -0.2) is 39.3 Å². The number of carboxylic acid groups (broad SMARTS) is 1. The molecule has 7 heteroatoms. The van der Waals surface area contributed by atoms with E-state index in [9.17, 15) is 19.8 Å². The first kappa shape index (κ1) is 24.7. The van der Waals surface area contributed by atoms with Crippen molar-refractivity contribution in [2.45, 2.75) is 39.3 Å². The first-order chi connectivity index (χ1) is 16.1. The molecule has 2 unspecified atom stereocenters. The molecule has 2 atom stereocenters. The number of nitrogens with one attached hydrogen (secondary N) is 1. The molecule has 1 aromatic heterocycles. The topological polar surface area (TPSA) is 115 Å². The van der Waals surface area contributed by atoms with E-state index in [1.165, 1.54) is 0 Å². The van der Waals surface area contributed by atoms with Crippen molar-refractivity contribution in [3.8, 4) is 28.3 Å². The number of aliphatic hydroxyl groups is 1. The van der Waals surface area contributed by atoms with Gasteiger partial charge in [0, 0.05) is 12.4 Å². The second-order valence-electron chi connectivity index (χ2n) is 9.34. The van der Waals surface area contributed by atoms with Crippen LogP contribution in [0.5, 0.6) is 0 Å². The molecule has 34 heavy (non-hydrogen) atoms. The molecule has 3 rings (SSSR count). The monoisotopic (exact) mass is 459 g/mol. The number of aliphatic hydroxyl groups excluding tert-OH is 1. The fourth-order valence-electron chi connectivity index (χ4n) is 3.67. The molecule has 0 bridgehead atoms. The molecule has 7 nitrogen and oxygen atoms in total. The lowest BCUT2D eigenvalue weighted by molar-refractivity contribution is -0.141. The number of rotatable bonds is 8. The van der Waals surface area contributed by atoms with Gasteiger partial charge >= 0.3 is 5.97 Å². The predicted octanol–water partition coefficient (Wildman–Crippen LogP) is 4.23. The van der Waals surface area contributed by atoms with Crippen LogP contribution < -0.4 is 5.32 Å². The van der Waals surface area contributed by atoms with Crippen molar-refractivity contribution >= 4 is 11.9 Å². The Balaban J connectivity index is 1.82. The summed E-state index contributed by atoms with van der Waals surface area (Å²) in [5.74, 6) is -1.53. The van der Waals surface area contributed by atoms with Gasteiger partial charge in [-0.3, -0.25) is 9.59 Å². The highest BCUT2D eigenvalue weighted by molar-refractivity contribution is 5.85. The largest absolute Gasteiger partial charge is 0.481 e. The summed E-state index contributed by atoms with van der Waals surface area (Å²) in [6, 6.07) is 17.7. The maximum atomic E-state index is 13.0. The Bertz CT molecular complexity index is 1180. The summed E-state index contributed by atoms with van der Waals surface area (Å²) >= 11 is 0. The van der Waals surface area contributed by atoms with Gasteiger partial charge < -0.3 is 20.1 Å². The third-order valence-corrected chi connectivity index (χ3v) is 5.85. The van der Waals surface area contributed by atoms with Gasteiger partial charge in [0.1, 0.15) is 6.04 Å². The van der Waals surface area contributed by atoms with E-state index in [4.69, 9.17) is 5.26 Å². The lowest BCUT2D eigenvalue weighted by Gasteiger charge is -2.31. The number of carbonyl (C=O) groups is 2. The van der Waals surface area contributed by atoms with Crippen molar-refractivity contribution in [3.05, 3.63) is 72.6 Å². The highest BCUT2D eigenvalue weighted by atomic mass is 16.4. The molecule has 2 aromatic carbocycles. The maximum absolute atomic E-state index is 13.0. The molecule has 3 aromatic rings. The van der Waals surface area contributed by atoms with Gasteiger partial charge in [0.25, 0.3) is 0 Å². The van der Waals surface area contributed by atoms with Crippen LogP contribution in [0.1, 0.15) is 38.8 Å². The van der Waals surface area contributed by atoms with Crippen LogP contribution in [-0.2, 0) is 9.59 Å². The van der Waals surface area contributed by atoms with E-state index >= 15 is 0 Å². The lowest BCUT2D eigenvalue weighted by atomic mass is 9.87. The molecule has 0 aliphatic carbocycles. The smallest absolute Gasteiger partial charge is 0.306 e. The number of hydrogen-bond acceptors (Lipinski definition) is 4. The summed E-state index contributed by atoms with van der Waals surface area (Å²) in [6.07, 6.45) is 3.08. The molecule has 0 fully saturated rings. The second kappa shape index (κ2) is 10.4.